The standard InChI is InChI=1S/C35H56Si.C31H48Si.C27H40Si.C26H38Si.3CH4.8CH3.8ClH.4Zr/c1-12-13-20-36(10,11)27-17-14-26(21-27)35(8,9)32-30-22-24(33(2,3)4)15-18-28(30)29-19-16-25(23-31(29)32)34(5,6)7;1-10-17-32(8,9)24-14-12-23(19-24)31(6,7)29-27-18-21(2)11-15-25(27)26-16-13-22(20-28(26)29)30(3,4)5;1-6-7-18-28(4,5)21-17-16-20(19-21)27(2,3)26-24-14-10-8-12-22(24)23-13-9-11-15-25(23)26;1-6-17-27(4,5)20-16-15-19(18-20)26(2,3)25-23-13-9-7-11-21(23)22-12-8-10-14-24(22)25;;;;;;;;;;;;;;;;;;;;;;;/h12,15-16,18-19,22-23,26-32H,1,13-14,17,20-21H2,2-11H3;10-11,13,15-16,18,20,23-29H,1,12,14,17,19H2,2-9H3;6,8-15,20-26H,1,7,16-19H2,2-5H3;6-14,19-25H,1,15-18H2,2-5H3;3*1H4;8*1H3;8*1H;;;;/q;;;;;;;8*-1;;;;;;;;;4*+4/p-8. The summed E-state index contributed by atoms with van der Waals surface area (Å²) in [6.45, 7) is 82.0. The van der Waals surface area contributed by atoms with Crippen molar-refractivity contribution in [3.8, 4) is 0 Å². The molecule has 0 spiro atoms. The van der Waals surface area contributed by atoms with Gasteiger partial charge in [0, 0.05) is 0 Å². The molecule has 146 heavy (non-hydrogen) atoms. The van der Waals surface area contributed by atoms with Crippen LogP contribution in [0.15, 0.2) is 243 Å². The Morgan fingerprint density at radius 2 is 0.452 bits per heavy atom. The maximum atomic E-state index is 4.93. The van der Waals surface area contributed by atoms with Gasteiger partial charge in [0.15, 0.2) is 0 Å². The van der Waals surface area contributed by atoms with Gasteiger partial charge in [-0.05, 0) is 302 Å². The monoisotopic (exact) mass is 2530 g/mol. The van der Waals surface area contributed by atoms with E-state index in [2.05, 4.69) is 398 Å². The Morgan fingerprint density at radius 1 is 0.267 bits per heavy atom. The van der Waals surface area contributed by atoms with Crippen LogP contribution in [0.25, 0.3) is 0 Å². The molecule has 0 bridgehead atoms. The summed E-state index contributed by atoms with van der Waals surface area (Å²) >= 11 is -3.30. The van der Waals surface area contributed by atoms with Gasteiger partial charge < -0.3 is 59.4 Å². The summed E-state index contributed by atoms with van der Waals surface area (Å²) in [6, 6.07) is 5.40. The minimum atomic E-state index is -1.21. The molecule has 16 rings (SSSR count). The topological polar surface area (TPSA) is 0 Å². The van der Waals surface area contributed by atoms with Gasteiger partial charge in [0.25, 0.3) is 0 Å². The predicted octanol–water partition coefficient (Wildman–Crippen LogP) is 46.1. The van der Waals surface area contributed by atoms with Gasteiger partial charge in [-0.1, -0.05) is 430 Å². The van der Waals surface area contributed by atoms with Gasteiger partial charge in [0.05, 0.1) is 32.3 Å². The summed E-state index contributed by atoms with van der Waals surface area (Å²) in [7, 11) is 34.7. The van der Waals surface area contributed by atoms with E-state index in [0.29, 0.717) is 122 Å². The molecule has 826 valence electrons. The van der Waals surface area contributed by atoms with E-state index < -0.39 is 116 Å². The van der Waals surface area contributed by atoms with Crippen molar-refractivity contribution in [1.82, 2.24) is 0 Å². The first-order chi connectivity index (χ1) is 63.3. The summed E-state index contributed by atoms with van der Waals surface area (Å²) in [5.41, 5.74) is 12.2. The van der Waals surface area contributed by atoms with Crippen molar-refractivity contribution >= 4 is 100 Å². The zero-order valence-electron chi connectivity index (χ0n) is 96.7. The van der Waals surface area contributed by atoms with Gasteiger partial charge in [-0.3, -0.25) is 0 Å². The van der Waals surface area contributed by atoms with Crippen LogP contribution in [0, 0.1) is 239 Å². The minimum absolute atomic E-state index is 0. The first-order valence-corrected chi connectivity index (χ1v) is 91.0. The maximum absolute atomic E-state index is 4.93. The van der Waals surface area contributed by atoms with Gasteiger partial charge in [0.1, 0.15) is 0 Å². The van der Waals surface area contributed by atoms with Crippen molar-refractivity contribution in [2.45, 2.75) is 336 Å². The molecular formula is C130H218Cl8Si4Zr4. The van der Waals surface area contributed by atoms with E-state index in [4.69, 9.17) is 68.1 Å². The molecule has 0 aromatic heterocycles. The first-order valence-electron chi connectivity index (χ1n) is 52.6. The first kappa shape index (κ1) is 152. The van der Waals surface area contributed by atoms with Crippen molar-refractivity contribution in [2.75, 3.05) is 0 Å². The molecule has 0 aliphatic heterocycles. The summed E-state index contributed by atoms with van der Waals surface area (Å²) in [4.78, 5) is 0. The molecule has 25 atom stereocenters. The van der Waals surface area contributed by atoms with Gasteiger partial charge >= 0.3 is 151 Å². The molecule has 8 fully saturated rings. The zero-order chi connectivity index (χ0) is 100. The van der Waals surface area contributed by atoms with Crippen molar-refractivity contribution in [3.63, 3.8) is 0 Å². The van der Waals surface area contributed by atoms with Crippen molar-refractivity contribution in [3.05, 3.63) is 302 Å². The molecule has 16 aliphatic carbocycles. The third-order valence-electron chi connectivity index (χ3n) is 39.1. The summed E-state index contributed by atoms with van der Waals surface area (Å²) in [5.74, 6) is 17.4. The third-order valence-corrected chi connectivity index (χ3v) is 55.9. The quantitative estimate of drug-likeness (QED) is 0.0576. The SMILES string of the molecule is C.C.C.C=CCC[Si](C)(C)C1CCC(C(C)(C)C2C3C=C(C(C)(C)C)C=CC3C3C=CC(C(C)(C)C)=CC32)C1.C=CCC[Si](C)(C)C1CCC(C(C)(C)C2C3C=CC=CC3C3C=CC=CC32)C1.C=CC[Si](C)(C)C1CCC(C(C)(C)C2C3C=C(C)C=CC3C3C=CC(C(C)(C)C)=CC32)C1.C=CC[Si](C)(C)C1CCC(C(C)(C)C2C3C=CC=CC3C3C=CC=CC32)C1.[CH3-].[CH3-].[CH3-].[CH3-].[CH3-].[CH3-].[CH3-].[CH3-].[Cl][Zr+2][Cl].[Cl][Zr+2][Cl].[Cl][Zr+2][Cl].[Cl][Zr+2][Cl]. The van der Waals surface area contributed by atoms with E-state index in [9.17, 15) is 0 Å². The Kier molecular flexibility index (Phi) is 68.1. The Hall–Kier alpha value is 1.52. The third kappa shape index (κ3) is 36.3. The molecule has 16 heteroatoms. The van der Waals surface area contributed by atoms with Crippen LogP contribution in [-0.4, -0.2) is 32.3 Å². The summed E-state index contributed by atoms with van der Waals surface area (Å²) < 4.78 is 0. The van der Waals surface area contributed by atoms with Gasteiger partial charge in [-0.25, -0.2) is 0 Å². The van der Waals surface area contributed by atoms with E-state index in [0.717, 1.165) is 63.6 Å². The predicted molar refractivity (Wildman–Crippen MR) is 673 cm³/mol. The van der Waals surface area contributed by atoms with Crippen LogP contribution >= 0.6 is 68.1 Å². The summed E-state index contributed by atoms with van der Waals surface area (Å²) in [6.07, 6.45) is 98.2. The normalized spacial score (nSPS) is 31.9. The average Bonchev–Trinajstić information content (AvgIpc) is 1.58. The molecule has 0 N–H and O–H groups in total. The van der Waals surface area contributed by atoms with Gasteiger partial charge in [-0.2, -0.15) is 0 Å². The van der Waals surface area contributed by atoms with E-state index in [1.165, 1.54) is 120 Å². The van der Waals surface area contributed by atoms with E-state index in [1.807, 2.05) is 0 Å². The fourth-order valence-electron chi connectivity index (χ4n) is 31.0. The molecule has 16 aliphatic rings. The van der Waals surface area contributed by atoms with Crippen LogP contribution in [0.2, 0.25) is 98.7 Å². The number of hydrogen-bond acceptors (Lipinski definition) is 0. The van der Waals surface area contributed by atoms with Gasteiger partial charge in [-0.15, -0.1) is 26.3 Å². The Labute approximate surface area is 989 Å². The molecule has 0 heterocycles. The van der Waals surface area contributed by atoms with Crippen LogP contribution in [0.3, 0.4) is 0 Å². The molecule has 0 aromatic carbocycles. The molecular weight excluding hydrogens is 2320 g/mol. The molecule has 0 amide bonds. The Balaban J connectivity index is -0.00000176. The fraction of sp³-hybridized carbons (Fsp3) is 0.631. The number of allylic oxidation sites excluding steroid dienone is 36. The Bertz CT molecular complexity index is 4300. The number of halogens is 8. The molecule has 0 nitrogen and oxygen atoms in total. The number of rotatable bonds is 22. The molecule has 25 unspecified atom stereocenters. The van der Waals surface area contributed by atoms with Gasteiger partial charge in [0.2, 0.25) is 0 Å². The molecule has 8 saturated carbocycles. The van der Waals surface area contributed by atoms with Crippen LogP contribution in [0.5, 0.6) is 0 Å². The number of hydrogen-bond donors (Lipinski definition) is 0. The van der Waals surface area contributed by atoms with E-state index in [1.54, 1.807) is 16.7 Å². The van der Waals surface area contributed by atoms with Crippen molar-refractivity contribution in [1.29, 1.82) is 0 Å². The van der Waals surface area contributed by atoms with Crippen LogP contribution in [0.1, 0.15) is 237 Å². The molecule has 0 saturated heterocycles. The number of fused-ring (bicyclic) bond motifs is 12. The van der Waals surface area contributed by atoms with E-state index >= 15 is 0 Å². The average molecular weight is 2540 g/mol. The molecule has 0 aromatic rings. The second kappa shape index (κ2) is 65.6. The van der Waals surface area contributed by atoms with Crippen LogP contribution in [-0.2, 0) is 83.4 Å². The van der Waals surface area contributed by atoms with Crippen LogP contribution < -0.4 is 0 Å². The molecule has 0 radical (unpaired) electrons. The fourth-order valence-corrected chi connectivity index (χ4v) is 43.3. The second-order valence-corrected chi connectivity index (χ2v) is 88.3. The zero-order valence-corrected chi connectivity index (χ0v) is 117. The summed E-state index contributed by atoms with van der Waals surface area (Å²) in [5, 5.41) is 0. The second-order valence-electron chi connectivity index (χ2n) is 52.4. The Morgan fingerprint density at radius 3 is 0.658 bits per heavy atom. The van der Waals surface area contributed by atoms with E-state index in [-0.39, 0.29) is 97.9 Å². The van der Waals surface area contributed by atoms with Crippen molar-refractivity contribution < 1.29 is 83.4 Å². The van der Waals surface area contributed by atoms with Crippen molar-refractivity contribution in [2.24, 2.45) is 180 Å². The van der Waals surface area contributed by atoms with Crippen LogP contribution in [0.4, 0.5) is 0 Å².